The zero-order chi connectivity index (χ0) is 22.5. The summed E-state index contributed by atoms with van der Waals surface area (Å²) in [5.74, 6) is 0.976. The molecule has 2 aromatic carbocycles. The van der Waals surface area contributed by atoms with E-state index in [0.717, 1.165) is 5.56 Å². The Labute approximate surface area is 192 Å². The van der Waals surface area contributed by atoms with Crippen molar-refractivity contribution in [3.63, 3.8) is 0 Å². The molecule has 32 heavy (non-hydrogen) atoms. The summed E-state index contributed by atoms with van der Waals surface area (Å²) in [5, 5.41) is 20.5. The topological polar surface area (TPSA) is 98.7 Å². The fourth-order valence-corrected chi connectivity index (χ4v) is 3.76. The van der Waals surface area contributed by atoms with Crippen LogP contribution < -0.4 is 5.32 Å². The van der Waals surface area contributed by atoms with E-state index in [2.05, 4.69) is 25.7 Å². The molecular weight excluding hydrogens is 455 g/mol. The molecule has 164 valence electrons. The van der Waals surface area contributed by atoms with E-state index >= 15 is 0 Å². The molecule has 8 nitrogen and oxygen atoms in total. The molecule has 2 heterocycles. The van der Waals surface area contributed by atoms with Crippen molar-refractivity contribution in [1.82, 2.24) is 30.3 Å². The molecule has 0 spiro atoms. The Kier molecular flexibility index (Phi) is 6.81. The van der Waals surface area contributed by atoms with Gasteiger partial charge in [-0.25, -0.2) is 4.39 Å². The summed E-state index contributed by atoms with van der Waals surface area (Å²) < 4.78 is 21.2. The van der Waals surface area contributed by atoms with Gasteiger partial charge in [0.15, 0.2) is 5.16 Å². The van der Waals surface area contributed by atoms with E-state index in [1.54, 1.807) is 18.2 Å². The highest BCUT2D eigenvalue weighted by Crippen LogP contribution is 2.24. The molecule has 0 unspecified atom stereocenters. The van der Waals surface area contributed by atoms with Crippen LogP contribution in [0.3, 0.4) is 0 Å². The Morgan fingerprint density at radius 3 is 2.69 bits per heavy atom. The van der Waals surface area contributed by atoms with Crippen LogP contribution in [0, 0.1) is 5.82 Å². The van der Waals surface area contributed by atoms with Crippen molar-refractivity contribution in [2.75, 3.05) is 6.54 Å². The van der Waals surface area contributed by atoms with Gasteiger partial charge in [0, 0.05) is 30.6 Å². The summed E-state index contributed by atoms with van der Waals surface area (Å²) in [6, 6.07) is 13.0. The van der Waals surface area contributed by atoms with Crippen LogP contribution in [0.25, 0.3) is 11.5 Å². The summed E-state index contributed by atoms with van der Waals surface area (Å²) in [7, 11) is 1.84. The van der Waals surface area contributed by atoms with E-state index in [1.165, 1.54) is 30.0 Å². The molecule has 4 aromatic rings. The van der Waals surface area contributed by atoms with E-state index in [1.807, 2.05) is 23.7 Å². The Balaban J connectivity index is 1.30. The fraction of sp³-hybridized carbons (Fsp3) is 0.190. The normalized spacial score (nSPS) is 11.0. The summed E-state index contributed by atoms with van der Waals surface area (Å²) in [4.78, 5) is 12.1. The second-order valence-electron chi connectivity index (χ2n) is 6.74. The molecule has 1 N–H and O–H groups in total. The number of amides is 1. The van der Waals surface area contributed by atoms with Gasteiger partial charge in [0.2, 0.25) is 11.8 Å². The Morgan fingerprint density at radius 2 is 1.91 bits per heavy atom. The molecule has 0 saturated carbocycles. The van der Waals surface area contributed by atoms with Crippen molar-refractivity contribution in [3.05, 3.63) is 76.6 Å². The fourth-order valence-electron chi connectivity index (χ4n) is 2.86. The minimum Gasteiger partial charge on any atom is -0.420 e. The second kappa shape index (κ2) is 9.92. The lowest BCUT2D eigenvalue weighted by molar-refractivity contribution is 0.0950. The number of carbonyl (C=O) groups excluding carboxylic acids is 1. The van der Waals surface area contributed by atoms with Gasteiger partial charge in [0.25, 0.3) is 5.91 Å². The van der Waals surface area contributed by atoms with Crippen LogP contribution in [0.15, 0.2) is 58.1 Å². The SMILES string of the molecule is Cn1c(CCNC(=O)c2ccccc2F)nnc1SCc1nnc(-c2ccc(Cl)cc2)o1. The molecule has 11 heteroatoms. The number of halogens is 2. The van der Waals surface area contributed by atoms with Crippen LogP contribution in [0.2, 0.25) is 5.02 Å². The van der Waals surface area contributed by atoms with E-state index in [-0.39, 0.29) is 5.56 Å². The number of carbonyl (C=O) groups is 1. The third kappa shape index (κ3) is 5.14. The highest BCUT2D eigenvalue weighted by molar-refractivity contribution is 7.98. The van der Waals surface area contributed by atoms with Gasteiger partial charge < -0.3 is 14.3 Å². The van der Waals surface area contributed by atoms with Crippen molar-refractivity contribution in [2.45, 2.75) is 17.3 Å². The van der Waals surface area contributed by atoms with Crippen LogP contribution >= 0.6 is 23.4 Å². The molecule has 1 amide bonds. The standard InChI is InChI=1S/C21H18ClFN6O2S/c1-29-17(10-11-24-19(30)15-4-2-3-5-16(15)23)25-28-21(29)32-12-18-26-27-20(31-18)13-6-8-14(22)9-7-13/h2-9H,10-12H2,1H3,(H,24,30). The third-order valence-electron chi connectivity index (χ3n) is 4.56. The lowest BCUT2D eigenvalue weighted by Crippen LogP contribution is -2.27. The number of aromatic nitrogens is 5. The summed E-state index contributed by atoms with van der Waals surface area (Å²) in [5.41, 5.74) is 0.802. The van der Waals surface area contributed by atoms with Crippen molar-refractivity contribution >= 4 is 29.3 Å². The van der Waals surface area contributed by atoms with E-state index in [0.29, 0.717) is 46.5 Å². The molecule has 0 fully saturated rings. The number of nitrogens with one attached hydrogen (secondary N) is 1. The quantitative estimate of drug-likeness (QED) is 0.388. The number of thioether (sulfide) groups is 1. The van der Waals surface area contributed by atoms with Gasteiger partial charge >= 0.3 is 0 Å². The summed E-state index contributed by atoms with van der Waals surface area (Å²) in [6.45, 7) is 0.303. The van der Waals surface area contributed by atoms with Crippen LogP contribution in [0.5, 0.6) is 0 Å². The molecule has 0 radical (unpaired) electrons. The number of hydrogen-bond donors (Lipinski definition) is 1. The molecule has 0 aliphatic heterocycles. The van der Waals surface area contributed by atoms with Crippen molar-refractivity contribution in [1.29, 1.82) is 0 Å². The van der Waals surface area contributed by atoms with Crippen LogP contribution in [0.4, 0.5) is 4.39 Å². The lowest BCUT2D eigenvalue weighted by Gasteiger charge is -2.06. The van der Waals surface area contributed by atoms with Gasteiger partial charge in [-0.1, -0.05) is 35.5 Å². The minimum atomic E-state index is -0.553. The maximum absolute atomic E-state index is 13.7. The Hall–Kier alpha value is -3.24. The first-order valence-electron chi connectivity index (χ1n) is 9.63. The molecule has 2 aromatic heterocycles. The van der Waals surface area contributed by atoms with Crippen LogP contribution in [-0.4, -0.2) is 37.4 Å². The van der Waals surface area contributed by atoms with Gasteiger partial charge in [-0.15, -0.1) is 20.4 Å². The average Bonchev–Trinajstić information content (AvgIpc) is 3.40. The number of nitrogens with zero attached hydrogens (tertiary/aromatic N) is 5. The molecule has 0 aliphatic carbocycles. The monoisotopic (exact) mass is 472 g/mol. The van der Waals surface area contributed by atoms with Gasteiger partial charge in [0.05, 0.1) is 11.3 Å². The smallest absolute Gasteiger partial charge is 0.254 e. The van der Waals surface area contributed by atoms with Gasteiger partial charge in [0.1, 0.15) is 11.6 Å². The summed E-state index contributed by atoms with van der Waals surface area (Å²) in [6.07, 6.45) is 0.450. The van der Waals surface area contributed by atoms with Gasteiger partial charge in [-0.2, -0.15) is 0 Å². The maximum atomic E-state index is 13.7. The zero-order valence-corrected chi connectivity index (χ0v) is 18.5. The van der Waals surface area contributed by atoms with Crippen molar-refractivity contribution < 1.29 is 13.6 Å². The van der Waals surface area contributed by atoms with Crippen LogP contribution in [0.1, 0.15) is 22.1 Å². The minimum absolute atomic E-state index is 0.0132. The van der Waals surface area contributed by atoms with Crippen molar-refractivity contribution in [3.8, 4) is 11.5 Å². The highest BCUT2D eigenvalue weighted by atomic mass is 35.5. The van der Waals surface area contributed by atoms with Gasteiger partial charge in [-0.05, 0) is 36.4 Å². The third-order valence-corrected chi connectivity index (χ3v) is 5.82. The van der Waals surface area contributed by atoms with E-state index in [4.69, 9.17) is 16.0 Å². The molecule has 4 rings (SSSR count). The van der Waals surface area contributed by atoms with E-state index < -0.39 is 11.7 Å². The second-order valence-corrected chi connectivity index (χ2v) is 8.12. The van der Waals surface area contributed by atoms with Crippen molar-refractivity contribution in [2.24, 2.45) is 7.05 Å². The van der Waals surface area contributed by atoms with Crippen LogP contribution in [-0.2, 0) is 19.2 Å². The average molecular weight is 473 g/mol. The number of rotatable bonds is 8. The molecule has 0 saturated heterocycles. The zero-order valence-electron chi connectivity index (χ0n) is 17.0. The first-order valence-corrected chi connectivity index (χ1v) is 11.0. The first kappa shape index (κ1) is 22.0. The first-order chi connectivity index (χ1) is 15.5. The summed E-state index contributed by atoms with van der Waals surface area (Å²) >= 11 is 7.30. The lowest BCUT2D eigenvalue weighted by atomic mass is 10.2. The maximum Gasteiger partial charge on any atom is 0.254 e. The molecule has 0 aliphatic rings. The van der Waals surface area contributed by atoms with E-state index in [9.17, 15) is 9.18 Å². The Bertz CT molecular complexity index is 1230. The molecule has 0 atom stereocenters. The number of hydrogen-bond acceptors (Lipinski definition) is 7. The number of benzene rings is 2. The highest BCUT2D eigenvalue weighted by Gasteiger charge is 2.14. The Morgan fingerprint density at radius 1 is 1.12 bits per heavy atom. The predicted octanol–water partition coefficient (Wildman–Crippen LogP) is 3.92. The molecular formula is C21H18ClFN6O2S. The largest absolute Gasteiger partial charge is 0.420 e. The molecule has 0 bridgehead atoms. The van der Waals surface area contributed by atoms with Gasteiger partial charge in [-0.3, -0.25) is 4.79 Å². The predicted molar refractivity (Wildman–Crippen MR) is 118 cm³/mol.